The van der Waals surface area contributed by atoms with Crippen LogP contribution in [0, 0.1) is 0 Å². The molecule has 0 aliphatic carbocycles. The predicted molar refractivity (Wildman–Crippen MR) is 192 cm³/mol. The van der Waals surface area contributed by atoms with Gasteiger partial charge in [-0.2, -0.15) is 0 Å². The summed E-state index contributed by atoms with van der Waals surface area (Å²) < 4.78 is 12.5. The number of para-hydroxylation sites is 1. The molecule has 1 unspecified atom stereocenters. The topological polar surface area (TPSA) is 179 Å². The van der Waals surface area contributed by atoms with Crippen LogP contribution in [0.15, 0.2) is 85.1 Å². The number of nitrogens with two attached hydrogens (primary N) is 1. The van der Waals surface area contributed by atoms with Crippen LogP contribution in [0.4, 0.5) is 4.79 Å². The van der Waals surface area contributed by atoms with Crippen LogP contribution in [-0.2, 0) is 59.4 Å². The van der Waals surface area contributed by atoms with E-state index >= 15 is 0 Å². The summed E-state index contributed by atoms with van der Waals surface area (Å²) in [5.41, 5.74) is 8.18. The van der Waals surface area contributed by atoms with Crippen LogP contribution in [-0.4, -0.2) is 69.4 Å². The first kappa shape index (κ1) is 37.3. The van der Waals surface area contributed by atoms with E-state index in [0.717, 1.165) is 16.7 Å². The van der Waals surface area contributed by atoms with E-state index in [-0.39, 0.29) is 38.8 Å². The van der Waals surface area contributed by atoms with Gasteiger partial charge in [0.2, 0.25) is 24.1 Å². The van der Waals surface area contributed by atoms with Gasteiger partial charge in [0.15, 0.2) is 0 Å². The van der Waals surface area contributed by atoms with Crippen LogP contribution in [0.5, 0.6) is 0 Å². The zero-order valence-electron chi connectivity index (χ0n) is 29.4. The number of aromatic nitrogens is 1. The summed E-state index contributed by atoms with van der Waals surface area (Å²) in [4.78, 5) is 80.4. The maximum absolute atomic E-state index is 14.8. The fourth-order valence-corrected chi connectivity index (χ4v) is 6.21. The molecule has 0 spiro atoms. The molecule has 4 N–H and O–H groups in total. The van der Waals surface area contributed by atoms with Crippen molar-refractivity contribution in [3.8, 4) is 0 Å². The van der Waals surface area contributed by atoms with Crippen LogP contribution in [0.25, 0.3) is 10.9 Å². The monoisotopic (exact) mass is 709 g/mol. The number of fused-ring (bicyclic) bond motifs is 2. The Kier molecular flexibility index (Phi) is 11.7. The number of rotatable bonds is 13. The minimum absolute atomic E-state index is 0.00307. The van der Waals surface area contributed by atoms with Crippen molar-refractivity contribution in [2.75, 3.05) is 0 Å². The number of ether oxygens (including phenoxy) is 2. The van der Waals surface area contributed by atoms with E-state index in [1.807, 2.05) is 54.6 Å². The van der Waals surface area contributed by atoms with E-state index in [1.54, 1.807) is 51.2 Å². The van der Waals surface area contributed by atoms with Gasteiger partial charge in [0.25, 0.3) is 0 Å². The molecule has 3 aromatic carbocycles. The Labute approximate surface area is 301 Å². The molecule has 4 amide bonds. The van der Waals surface area contributed by atoms with Crippen molar-refractivity contribution >= 4 is 47.1 Å². The van der Waals surface area contributed by atoms with Crippen molar-refractivity contribution in [3.63, 3.8) is 0 Å². The molecular formula is C39H43N5O8. The predicted octanol–water partition coefficient (Wildman–Crippen LogP) is 3.56. The first-order valence-corrected chi connectivity index (χ1v) is 17.0. The summed E-state index contributed by atoms with van der Waals surface area (Å²) in [5.74, 6) is -2.66. The second kappa shape index (κ2) is 16.4. The van der Waals surface area contributed by atoms with Gasteiger partial charge >= 0.3 is 12.1 Å². The normalized spacial score (nSPS) is 15.1. The molecule has 0 saturated heterocycles. The third-order valence-corrected chi connectivity index (χ3v) is 8.69. The summed E-state index contributed by atoms with van der Waals surface area (Å²) in [6.45, 7) is 5.04. The van der Waals surface area contributed by atoms with Crippen LogP contribution in [0.1, 0.15) is 55.9 Å². The fraction of sp³-hybridized carbons (Fsp3) is 0.333. The van der Waals surface area contributed by atoms with E-state index in [1.165, 1.54) is 9.47 Å². The fourth-order valence-electron chi connectivity index (χ4n) is 6.21. The van der Waals surface area contributed by atoms with Gasteiger partial charge < -0.3 is 30.7 Å². The lowest BCUT2D eigenvalue weighted by Crippen LogP contribution is -2.59. The van der Waals surface area contributed by atoms with Gasteiger partial charge in [-0.15, -0.1) is 0 Å². The number of alkyl carbamates (subject to hydrolysis) is 1. The number of hydrogen-bond donors (Lipinski definition) is 3. The van der Waals surface area contributed by atoms with Crippen molar-refractivity contribution < 1.29 is 38.2 Å². The Morgan fingerprint density at radius 3 is 2.27 bits per heavy atom. The molecular weight excluding hydrogens is 666 g/mol. The van der Waals surface area contributed by atoms with Crippen molar-refractivity contribution in [1.29, 1.82) is 0 Å². The highest BCUT2D eigenvalue weighted by Gasteiger charge is 2.40. The Balaban J connectivity index is 1.49. The molecule has 5 rings (SSSR count). The number of esters is 1. The van der Waals surface area contributed by atoms with E-state index in [2.05, 4.69) is 10.6 Å². The molecule has 52 heavy (non-hydrogen) atoms. The first-order valence-electron chi connectivity index (χ1n) is 17.0. The second-order valence-electron chi connectivity index (χ2n) is 13.7. The number of hydrogen-bond acceptors (Lipinski definition) is 8. The van der Waals surface area contributed by atoms with Gasteiger partial charge in [-0.25, -0.2) is 9.59 Å². The molecule has 272 valence electrons. The Hall–Kier alpha value is -5.98. The van der Waals surface area contributed by atoms with E-state index < -0.39 is 53.5 Å². The van der Waals surface area contributed by atoms with Crippen molar-refractivity contribution in [2.45, 2.75) is 83.3 Å². The highest BCUT2D eigenvalue weighted by atomic mass is 16.6. The van der Waals surface area contributed by atoms with Crippen molar-refractivity contribution in [3.05, 3.63) is 107 Å². The van der Waals surface area contributed by atoms with Gasteiger partial charge in [0.05, 0.1) is 5.52 Å². The van der Waals surface area contributed by atoms with E-state index in [9.17, 15) is 28.8 Å². The van der Waals surface area contributed by atoms with Crippen LogP contribution in [0.2, 0.25) is 0 Å². The maximum atomic E-state index is 14.8. The smallest absolute Gasteiger partial charge is 0.408 e. The summed E-state index contributed by atoms with van der Waals surface area (Å²) in [6.07, 6.45) is 1.03. The molecule has 13 heteroatoms. The molecule has 1 aliphatic heterocycles. The molecule has 1 aromatic heterocycles. The third-order valence-electron chi connectivity index (χ3n) is 8.69. The number of primary amides is 1. The molecule has 0 saturated carbocycles. The molecule has 1 aliphatic rings. The Morgan fingerprint density at radius 1 is 0.904 bits per heavy atom. The van der Waals surface area contributed by atoms with Gasteiger partial charge in [-0.1, -0.05) is 72.8 Å². The minimum atomic E-state index is -1.30. The average Bonchev–Trinajstić information content (AvgIpc) is 3.48. The summed E-state index contributed by atoms with van der Waals surface area (Å²) in [6, 6.07) is 20.2. The zero-order valence-corrected chi connectivity index (χ0v) is 29.4. The largest absolute Gasteiger partial charge is 0.459 e. The van der Waals surface area contributed by atoms with Crippen LogP contribution in [0.3, 0.4) is 0 Å². The van der Waals surface area contributed by atoms with Crippen molar-refractivity contribution in [2.24, 2.45) is 5.73 Å². The van der Waals surface area contributed by atoms with Crippen LogP contribution < -0.4 is 16.4 Å². The average molecular weight is 710 g/mol. The lowest BCUT2D eigenvalue weighted by molar-refractivity contribution is -0.158. The number of carbonyl (C=O) groups excluding carboxylic acids is 6. The number of nitrogens with zero attached hydrogens (tertiary/aromatic N) is 2. The van der Waals surface area contributed by atoms with Crippen LogP contribution >= 0.6 is 0 Å². The Bertz CT molecular complexity index is 1950. The number of amides is 4. The molecule has 3 atom stereocenters. The minimum Gasteiger partial charge on any atom is -0.459 e. The number of carbonyl (C=O) groups is 6. The standard InChI is InChI=1S/C39H43N5O8/c1-39(2,3)52-38(50)42-30(17-18-34(40)46)35(47)41-31(19-28-21-43(24-45)32-16-10-9-15-29(28)32)36(48)44-22-27-14-8-7-13-26(27)20-33(44)37(49)51-23-25-11-5-4-6-12-25/h4-16,21,24,30-31,33H,17-20,22-23H2,1-3H3,(H2,40,46)(H,41,47)(H,42,50)/t30-,31+,33?/m0/s1. The molecule has 4 aromatic rings. The highest BCUT2D eigenvalue weighted by Crippen LogP contribution is 2.27. The summed E-state index contributed by atoms with van der Waals surface area (Å²) >= 11 is 0. The lowest BCUT2D eigenvalue weighted by atomic mass is 9.92. The zero-order chi connectivity index (χ0) is 37.4. The molecule has 2 heterocycles. The first-order chi connectivity index (χ1) is 24.8. The second-order valence-corrected chi connectivity index (χ2v) is 13.7. The van der Waals surface area contributed by atoms with E-state index in [0.29, 0.717) is 22.9 Å². The summed E-state index contributed by atoms with van der Waals surface area (Å²) in [5, 5.41) is 5.97. The third kappa shape index (κ3) is 9.42. The van der Waals surface area contributed by atoms with Crippen molar-refractivity contribution in [1.82, 2.24) is 20.1 Å². The quantitative estimate of drug-likeness (QED) is 0.139. The molecule has 0 bridgehead atoms. The van der Waals surface area contributed by atoms with Gasteiger partial charge in [0, 0.05) is 37.4 Å². The lowest BCUT2D eigenvalue weighted by Gasteiger charge is -2.37. The highest BCUT2D eigenvalue weighted by molar-refractivity contribution is 5.95. The molecule has 13 nitrogen and oxygen atoms in total. The van der Waals surface area contributed by atoms with Gasteiger partial charge in [-0.05, 0) is 55.5 Å². The SMILES string of the molecule is CC(C)(C)OC(=O)N[C@@H](CCC(N)=O)C(=O)N[C@H](Cc1cn(C=O)c2ccccc12)C(=O)N1Cc2ccccc2CC1C(=O)OCc1ccccc1. The molecule has 0 fully saturated rings. The number of benzene rings is 3. The summed E-state index contributed by atoms with van der Waals surface area (Å²) in [7, 11) is 0. The molecule has 0 radical (unpaired) electrons. The number of nitrogens with one attached hydrogen (secondary N) is 2. The van der Waals surface area contributed by atoms with Gasteiger partial charge in [-0.3, -0.25) is 23.7 Å². The van der Waals surface area contributed by atoms with E-state index in [4.69, 9.17) is 15.2 Å². The maximum Gasteiger partial charge on any atom is 0.408 e. The van der Waals surface area contributed by atoms with Gasteiger partial charge in [0.1, 0.15) is 30.3 Å². The Morgan fingerprint density at radius 2 is 1.58 bits per heavy atom.